The molecule has 2 rings (SSSR count). The van der Waals surface area contributed by atoms with Gasteiger partial charge in [-0.05, 0) is 25.7 Å². The van der Waals surface area contributed by atoms with Gasteiger partial charge in [0.1, 0.15) is 5.69 Å². The van der Waals surface area contributed by atoms with E-state index in [1.165, 1.54) is 19.3 Å². The number of nitrogens with one attached hydrogen (secondary N) is 1. The maximum atomic E-state index is 12.3. The molecule has 1 amide bonds. The van der Waals surface area contributed by atoms with Crippen molar-refractivity contribution in [2.75, 3.05) is 0 Å². The number of rotatable bonds is 2. The van der Waals surface area contributed by atoms with E-state index in [2.05, 4.69) is 17.3 Å². The summed E-state index contributed by atoms with van der Waals surface area (Å²) in [6, 6.07) is 0.262. The molecule has 18 heavy (non-hydrogen) atoms. The second-order valence-electron chi connectivity index (χ2n) is 5.21. The van der Waals surface area contributed by atoms with E-state index in [1.807, 2.05) is 6.92 Å². The van der Waals surface area contributed by atoms with Gasteiger partial charge in [-0.3, -0.25) is 9.48 Å². The fourth-order valence-corrected chi connectivity index (χ4v) is 2.89. The maximum absolute atomic E-state index is 12.3. The Labute approximate surface area is 113 Å². The van der Waals surface area contributed by atoms with Gasteiger partial charge in [-0.25, -0.2) is 0 Å². The molecular weight excluding hydrogens is 250 g/mol. The molecule has 100 valence electrons. The first-order valence-corrected chi connectivity index (χ1v) is 6.88. The number of carbonyl (C=O) groups excluding carboxylic acids is 1. The number of aryl methyl sites for hydroxylation is 2. The lowest BCUT2D eigenvalue weighted by molar-refractivity contribution is 0.0901. The summed E-state index contributed by atoms with van der Waals surface area (Å²) in [5, 5.41) is 7.72. The van der Waals surface area contributed by atoms with Crippen LogP contribution in [0.3, 0.4) is 0 Å². The number of amides is 1. The Morgan fingerprint density at radius 1 is 1.44 bits per heavy atom. The summed E-state index contributed by atoms with van der Waals surface area (Å²) in [5.41, 5.74) is 1.16. The molecular formula is C13H20ClN3O. The molecule has 1 heterocycles. The van der Waals surface area contributed by atoms with Crippen LogP contribution in [0.15, 0.2) is 0 Å². The standard InChI is InChI=1S/C13H20ClN3O/c1-8-6-4-5-7-10(8)15-13(18)12-11(14)9(2)16-17(12)3/h8,10H,4-7H2,1-3H3,(H,15,18)/t8-,10-/m1/s1. The molecule has 0 aromatic carbocycles. The number of aromatic nitrogens is 2. The predicted molar refractivity (Wildman–Crippen MR) is 71.8 cm³/mol. The second kappa shape index (κ2) is 5.31. The molecule has 0 aliphatic heterocycles. The Morgan fingerprint density at radius 3 is 2.67 bits per heavy atom. The van der Waals surface area contributed by atoms with Crippen molar-refractivity contribution in [2.24, 2.45) is 13.0 Å². The van der Waals surface area contributed by atoms with Gasteiger partial charge in [-0.2, -0.15) is 5.10 Å². The Kier molecular flexibility index (Phi) is 3.95. The molecule has 2 atom stereocenters. The number of halogens is 1. The highest BCUT2D eigenvalue weighted by Gasteiger charge is 2.26. The van der Waals surface area contributed by atoms with Crippen LogP contribution < -0.4 is 5.32 Å². The second-order valence-corrected chi connectivity index (χ2v) is 5.59. The van der Waals surface area contributed by atoms with E-state index >= 15 is 0 Å². The average Bonchev–Trinajstić information content (AvgIpc) is 2.56. The summed E-state index contributed by atoms with van der Waals surface area (Å²) in [7, 11) is 1.75. The first kappa shape index (κ1) is 13.4. The fraction of sp³-hybridized carbons (Fsp3) is 0.692. The Balaban J connectivity index is 2.12. The predicted octanol–water partition coefficient (Wildman–Crippen LogP) is 2.69. The zero-order valence-corrected chi connectivity index (χ0v) is 11.9. The van der Waals surface area contributed by atoms with Crippen LogP contribution >= 0.6 is 11.6 Å². The third-order valence-electron chi connectivity index (χ3n) is 3.79. The molecule has 0 radical (unpaired) electrons. The van der Waals surface area contributed by atoms with Crippen LogP contribution in [-0.4, -0.2) is 21.7 Å². The first-order chi connectivity index (χ1) is 8.50. The van der Waals surface area contributed by atoms with Crippen LogP contribution in [0.5, 0.6) is 0 Å². The molecule has 1 aromatic heterocycles. The lowest BCUT2D eigenvalue weighted by Crippen LogP contribution is -2.41. The molecule has 1 aromatic rings. The minimum atomic E-state index is -0.109. The fourth-order valence-electron chi connectivity index (χ4n) is 2.65. The van der Waals surface area contributed by atoms with E-state index < -0.39 is 0 Å². The molecule has 1 fully saturated rings. The molecule has 4 nitrogen and oxygen atoms in total. The quantitative estimate of drug-likeness (QED) is 0.897. The van der Waals surface area contributed by atoms with E-state index in [0.29, 0.717) is 22.3 Å². The van der Waals surface area contributed by atoms with Gasteiger partial charge in [0.15, 0.2) is 0 Å². The monoisotopic (exact) mass is 269 g/mol. The summed E-state index contributed by atoms with van der Waals surface area (Å²) in [6.07, 6.45) is 4.69. The third kappa shape index (κ3) is 2.53. The molecule has 0 bridgehead atoms. The van der Waals surface area contributed by atoms with Crippen LogP contribution in [0.1, 0.15) is 48.8 Å². The van der Waals surface area contributed by atoms with Crippen molar-refractivity contribution in [2.45, 2.75) is 45.6 Å². The van der Waals surface area contributed by atoms with Crippen molar-refractivity contribution < 1.29 is 4.79 Å². The van der Waals surface area contributed by atoms with Crippen LogP contribution in [-0.2, 0) is 7.05 Å². The Morgan fingerprint density at radius 2 is 2.11 bits per heavy atom. The summed E-state index contributed by atoms with van der Waals surface area (Å²) in [6.45, 7) is 4.00. The Hall–Kier alpha value is -1.03. The number of nitrogens with zero attached hydrogens (tertiary/aromatic N) is 2. The largest absolute Gasteiger partial charge is 0.348 e. The summed E-state index contributed by atoms with van der Waals surface area (Å²) in [5.74, 6) is 0.428. The van der Waals surface area contributed by atoms with Crippen molar-refractivity contribution in [3.05, 3.63) is 16.4 Å². The van der Waals surface area contributed by atoms with Crippen molar-refractivity contribution in [1.82, 2.24) is 15.1 Å². The van der Waals surface area contributed by atoms with Gasteiger partial charge in [-0.15, -0.1) is 0 Å². The normalized spacial score (nSPS) is 24.0. The maximum Gasteiger partial charge on any atom is 0.271 e. The van der Waals surface area contributed by atoms with Gasteiger partial charge >= 0.3 is 0 Å². The number of hydrogen-bond donors (Lipinski definition) is 1. The highest BCUT2D eigenvalue weighted by molar-refractivity contribution is 6.34. The van der Waals surface area contributed by atoms with Gasteiger partial charge in [-0.1, -0.05) is 31.4 Å². The van der Waals surface area contributed by atoms with E-state index in [-0.39, 0.29) is 11.9 Å². The number of hydrogen-bond acceptors (Lipinski definition) is 2. The minimum absolute atomic E-state index is 0.109. The van der Waals surface area contributed by atoms with Crippen LogP contribution in [0.2, 0.25) is 5.02 Å². The molecule has 0 spiro atoms. The minimum Gasteiger partial charge on any atom is -0.348 e. The van der Waals surface area contributed by atoms with Crippen LogP contribution in [0.25, 0.3) is 0 Å². The lowest BCUT2D eigenvalue weighted by atomic mass is 9.86. The topological polar surface area (TPSA) is 46.9 Å². The lowest BCUT2D eigenvalue weighted by Gasteiger charge is -2.29. The zero-order valence-electron chi connectivity index (χ0n) is 11.2. The zero-order chi connectivity index (χ0) is 13.3. The van der Waals surface area contributed by atoms with Crippen LogP contribution in [0.4, 0.5) is 0 Å². The van der Waals surface area contributed by atoms with Gasteiger partial charge < -0.3 is 5.32 Å². The van der Waals surface area contributed by atoms with Crippen molar-refractivity contribution in [1.29, 1.82) is 0 Å². The average molecular weight is 270 g/mol. The molecule has 0 unspecified atom stereocenters. The van der Waals surface area contributed by atoms with Gasteiger partial charge in [0, 0.05) is 13.1 Å². The van der Waals surface area contributed by atoms with Crippen molar-refractivity contribution in [3.8, 4) is 0 Å². The molecule has 1 aliphatic carbocycles. The number of carbonyl (C=O) groups is 1. The summed E-state index contributed by atoms with van der Waals surface area (Å²) >= 11 is 6.12. The summed E-state index contributed by atoms with van der Waals surface area (Å²) < 4.78 is 1.56. The SMILES string of the molecule is Cc1nn(C)c(C(=O)N[C@@H]2CCCC[C@H]2C)c1Cl. The van der Waals surface area contributed by atoms with Gasteiger partial charge in [0.05, 0.1) is 10.7 Å². The molecule has 5 heteroatoms. The summed E-state index contributed by atoms with van der Waals surface area (Å²) in [4.78, 5) is 12.3. The van der Waals surface area contributed by atoms with E-state index in [0.717, 1.165) is 6.42 Å². The van der Waals surface area contributed by atoms with E-state index in [4.69, 9.17) is 11.6 Å². The van der Waals surface area contributed by atoms with E-state index in [1.54, 1.807) is 11.7 Å². The molecule has 1 aliphatic rings. The Bertz CT molecular complexity index is 455. The first-order valence-electron chi connectivity index (χ1n) is 6.50. The smallest absolute Gasteiger partial charge is 0.271 e. The van der Waals surface area contributed by atoms with Crippen molar-refractivity contribution >= 4 is 17.5 Å². The van der Waals surface area contributed by atoms with E-state index in [9.17, 15) is 4.79 Å². The van der Waals surface area contributed by atoms with Gasteiger partial charge in [0.2, 0.25) is 0 Å². The highest BCUT2D eigenvalue weighted by atomic mass is 35.5. The van der Waals surface area contributed by atoms with Gasteiger partial charge in [0.25, 0.3) is 5.91 Å². The third-order valence-corrected chi connectivity index (χ3v) is 4.24. The molecule has 1 saturated carbocycles. The highest BCUT2D eigenvalue weighted by Crippen LogP contribution is 2.25. The van der Waals surface area contributed by atoms with Crippen molar-refractivity contribution in [3.63, 3.8) is 0 Å². The molecule has 1 N–H and O–H groups in total. The van der Waals surface area contributed by atoms with Crippen LogP contribution in [0, 0.1) is 12.8 Å². The molecule has 0 saturated heterocycles.